The van der Waals surface area contributed by atoms with Crippen molar-refractivity contribution in [1.29, 1.82) is 0 Å². The van der Waals surface area contributed by atoms with Crippen molar-refractivity contribution in [2.75, 3.05) is 0 Å². The van der Waals surface area contributed by atoms with Crippen molar-refractivity contribution < 1.29 is 9.84 Å². The lowest BCUT2D eigenvalue weighted by Gasteiger charge is -2.09. The highest BCUT2D eigenvalue weighted by Crippen LogP contribution is 2.33. The number of ether oxygens (including phenoxy) is 1. The maximum Gasteiger partial charge on any atom is 0.146 e. The molecule has 0 aliphatic rings. The number of benzene rings is 2. The first-order valence-electron chi connectivity index (χ1n) is 5.12. The Morgan fingerprint density at radius 2 is 1.72 bits per heavy atom. The van der Waals surface area contributed by atoms with Gasteiger partial charge in [0.05, 0.1) is 11.6 Å². The smallest absolute Gasteiger partial charge is 0.146 e. The Bertz CT molecular complexity index is 570. The van der Waals surface area contributed by atoms with Gasteiger partial charge in [-0.1, -0.05) is 40.9 Å². The summed E-state index contributed by atoms with van der Waals surface area (Å²) in [5.41, 5.74) is 0.645. The fourth-order valence-corrected chi connectivity index (χ4v) is 2.08. The highest BCUT2D eigenvalue weighted by Gasteiger charge is 2.06. The van der Waals surface area contributed by atoms with Crippen LogP contribution in [0.4, 0.5) is 0 Å². The van der Waals surface area contributed by atoms with Gasteiger partial charge in [-0.05, 0) is 35.9 Å². The number of aliphatic hydroxyl groups excluding tert-OH is 1. The largest absolute Gasteiger partial charge is 0.456 e. The first-order valence-corrected chi connectivity index (χ1v) is 6.25. The highest BCUT2D eigenvalue weighted by molar-refractivity contribution is 6.35. The van der Waals surface area contributed by atoms with Crippen molar-refractivity contribution in [3.8, 4) is 11.5 Å². The normalized spacial score (nSPS) is 10.4. The fourth-order valence-electron chi connectivity index (χ4n) is 1.40. The molecule has 2 rings (SSSR count). The van der Waals surface area contributed by atoms with Crippen LogP contribution in [0.3, 0.4) is 0 Å². The summed E-state index contributed by atoms with van der Waals surface area (Å²) < 4.78 is 5.59. The minimum Gasteiger partial charge on any atom is -0.456 e. The predicted octanol–water partition coefficient (Wildman–Crippen LogP) is 4.93. The lowest BCUT2D eigenvalue weighted by molar-refractivity contribution is 0.282. The Morgan fingerprint density at radius 1 is 0.944 bits per heavy atom. The van der Waals surface area contributed by atoms with E-state index >= 15 is 0 Å². The molecule has 0 amide bonds. The maximum atomic E-state index is 9.01. The van der Waals surface area contributed by atoms with E-state index in [1.165, 1.54) is 0 Å². The molecule has 0 aliphatic carbocycles. The van der Waals surface area contributed by atoms with E-state index in [2.05, 4.69) is 0 Å². The van der Waals surface area contributed by atoms with Gasteiger partial charge in [-0.25, -0.2) is 0 Å². The third-order valence-corrected chi connectivity index (χ3v) is 3.20. The second-order valence-electron chi connectivity index (χ2n) is 3.59. The van der Waals surface area contributed by atoms with Crippen molar-refractivity contribution in [1.82, 2.24) is 0 Å². The molecular formula is C13H9Cl3O2. The summed E-state index contributed by atoms with van der Waals surface area (Å²) in [5.74, 6) is 1.04. The van der Waals surface area contributed by atoms with Gasteiger partial charge in [0, 0.05) is 10.0 Å². The molecule has 0 fully saturated rings. The fraction of sp³-hybridized carbons (Fsp3) is 0.0769. The quantitative estimate of drug-likeness (QED) is 0.871. The van der Waals surface area contributed by atoms with Crippen LogP contribution in [0.5, 0.6) is 11.5 Å². The number of rotatable bonds is 3. The molecule has 18 heavy (non-hydrogen) atoms. The molecule has 0 aliphatic heterocycles. The predicted molar refractivity (Wildman–Crippen MR) is 73.9 cm³/mol. The zero-order valence-electron chi connectivity index (χ0n) is 9.16. The molecule has 0 radical (unpaired) electrons. The first-order chi connectivity index (χ1) is 8.60. The van der Waals surface area contributed by atoms with Gasteiger partial charge in [0.15, 0.2) is 0 Å². The lowest BCUT2D eigenvalue weighted by Crippen LogP contribution is -1.88. The monoisotopic (exact) mass is 302 g/mol. The second-order valence-corrected chi connectivity index (χ2v) is 4.84. The molecule has 0 heterocycles. The number of hydrogen-bond acceptors (Lipinski definition) is 2. The van der Waals surface area contributed by atoms with E-state index in [-0.39, 0.29) is 6.61 Å². The molecule has 0 atom stereocenters. The van der Waals surface area contributed by atoms with Gasteiger partial charge in [0.25, 0.3) is 0 Å². The van der Waals surface area contributed by atoms with E-state index < -0.39 is 0 Å². The van der Waals surface area contributed by atoms with E-state index in [1.54, 1.807) is 36.4 Å². The molecule has 0 bridgehead atoms. The molecule has 0 saturated carbocycles. The average molecular weight is 304 g/mol. The van der Waals surface area contributed by atoms with Gasteiger partial charge < -0.3 is 9.84 Å². The summed E-state index contributed by atoms with van der Waals surface area (Å²) in [6.45, 7) is -0.110. The molecule has 2 nitrogen and oxygen atoms in total. The lowest BCUT2D eigenvalue weighted by atomic mass is 10.2. The first kappa shape index (κ1) is 13.5. The number of aliphatic hydroxyl groups is 1. The van der Waals surface area contributed by atoms with Crippen molar-refractivity contribution in [3.63, 3.8) is 0 Å². The molecule has 5 heteroatoms. The highest BCUT2D eigenvalue weighted by atomic mass is 35.5. The SMILES string of the molecule is OCc1ccc(Oc2ccc(Cl)cc2Cl)cc1Cl. The molecule has 0 saturated heterocycles. The van der Waals surface area contributed by atoms with Crippen LogP contribution in [0.2, 0.25) is 15.1 Å². The molecule has 0 aromatic heterocycles. The third kappa shape index (κ3) is 3.09. The third-order valence-electron chi connectivity index (χ3n) is 2.32. The van der Waals surface area contributed by atoms with E-state index in [9.17, 15) is 0 Å². The summed E-state index contributed by atoms with van der Waals surface area (Å²) in [6.07, 6.45) is 0. The van der Waals surface area contributed by atoms with E-state index in [1.807, 2.05) is 0 Å². The van der Waals surface area contributed by atoms with Crippen molar-refractivity contribution >= 4 is 34.8 Å². The Hall–Kier alpha value is -0.930. The van der Waals surface area contributed by atoms with Gasteiger partial charge >= 0.3 is 0 Å². The Morgan fingerprint density at radius 3 is 2.33 bits per heavy atom. The molecule has 1 N–H and O–H groups in total. The molecule has 0 unspecified atom stereocenters. The van der Waals surface area contributed by atoms with Crippen LogP contribution in [-0.2, 0) is 6.61 Å². The van der Waals surface area contributed by atoms with Crippen LogP contribution in [0.25, 0.3) is 0 Å². The molecule has 2 aromatic rings. The minimum absolute atomic E-state index is 0.110. The Balaban J connectivity index is 2.26. The standard InChI is InChI=1S/C13H9Cl3O2/c14-9-2-4-13(12(16)5-9)18-10-3-1-8(7-17)11(15)6-10/h1-6,17H,7H2. The zero-order valence-corrected chi connectivity index (χ0v) is 11.4. The van der Waals surface area contributed by atoms with Crippen molar-refractivity contribution in [3.05, 3.63) is 57.0 Å². The summed E-state index contributed by atoms with van der Waals surface area (Å²) in [6, 6.07) is 10.00. The second kappa shape index (κ2) is 5.81. The molecular weight excluding hydrogens is 294 g/mol. The molecule has 2 aromatic carbocycles. The Labute approximate surface area is 120 Å². The van der Waals surface area contributed by atoms with Gasteiger partial charge in [-0.15, -0.1) is 0 Å². The number of halogens is 3. The topological polar surface area (TPSA) is 29.5 Å². The van der Waals surface area contributed by atoms with Crippen molar-refractivity contribution in [2.24, 2.45) is 0 Å². The van der Waals surface area contributed by atoms with Crippen molar-refractivity contribution in [2.45, 2.75) is 6.61 Å². The van der Waals surface area contributed by atoms with Crippen LogP contribution < -0.4 is 4.74 Å². The van der Waals surface area contributed by atoms with Gasteiger partial charge in [-0.3, -0.25) is 0 Å². The van der Waals surface area contributed by atoms with E-state index in [0.29, 0.717) is 32.1 Å². The van der Waals surface area contributed by atoms with Gasteiger partial charge in [-0.2, -0.15) is 0 Å². The van der Waals surface area contributed by atoms with Crippen LogP contribution in [0.1, 0.15) is 5.56 Å². The minimum atomic E-state index is -0.110. The van der Waals surface area contributed by atoms with Gasteiger partial charge in [0.1, 0.15) is 11.5 Å². The summed E-state index contributed by atoms with van der Waals surface area (Å²) >= 11 is 17.8. The summed E-state index contributed by atoms with van der Waals surface area (Å²) in [4.78, 5) is 0. The van der Waals surface area contributed by atoms with E-state index in [4.69, 9.17) is 44.6 Å². The van der Waals surface area contributed by atoms with Crippen LogP contribution in [0.15, 0.2) is 36.4 Å². The van der Waals surface area contributed by atoms with E-state index in [0.717, 1.165) is 0 Å². The summed E-state index contributed by atoms with van der Waals surface area (Å²) in [7, 11) is 0. The molecule has 94 valence electrons. The van der Waals surface area contributed by atoms with Crippen LogP contribution in [0, 0.1) is 0 Å². The average Bonchev–Trinajstić information content (AvgIpc) is 2.33. The van der Waals surface area contributed by atoms with Crippen LogP contribution >= 0.6 is 34.8 Å². The molecule has 0 spiro atoms. The summed E-state index contributed by atoms with van der Waals surface area (Å²) in [5, 5.41) is 10.4. The maximum absolute atomic E-state index is 9.01. The Kier molecular flexibility index (Phi) is 4.36. The zero-order chi connectivity index (χ0) is 13.1. The van der Waals surface area contributed by atoms with Crippen LogP contribution in [-0.4, -0.2) is 5.11 Å². The van der Waals surface area contributed by atoms with Gasteiger partial charge in [0.2, 0.25) is 0 Å². The number of hydrogen-bond donors (Lipinski definition) is 1.